The molecule has 0 heterocycles. The summed E-state index contributed by atoms with van der Waals surface area (Å²) in [6, 6.07) is 10.9. The number of carboxylic acids is 1. The molecule has 424 valence electrons. The Morgan fingerprint density at radius 1 is 0.636 bits per heavy atom. The van der Waals surface area contributed by atoms with Crippen LogP contribution in [0.3, 0.4) is 0 Å². The Balaban J connectivity index is 1.72. The number of carbonyl (C=O) groups is 11. The smallest absolute Gasteiger partial charge is 0.407 e. The first kappa shape index (κ1) is 64.8. The van der Waals surface area contributed by atoms with Gasteiger partial charge in [0.15, 0.2) is 17.3 Å². The summed E-state index contributed by atoms with van der Waals surface area (Å²) in [5.41, 5.74) is 3.33. The Bertz CT molecular complexity index is 2410. The van der Waals surface area contributed by atoms with Crippen LogP contribution < -0.4 is 31.9 Å². The fraction of sp³-hybridized carbons (Fsp3) is 0.589. The third-order valence-corrected chi connectivity index (χ3v) is 13.9. The summed E-state index contributed by atoms with van der Waals surface area (Å²) >= 11 is 1.14. The van der Waals surface area contributed by atoms with Gasteiger partial charge in [0, 0.05) is 50.2 Å². The maximum Gasteiger partial charge on any atom is 0.407 e. The van der Waals surface area contributed by atoms with Gasteiger partial charge >= 0.3 is 12.1 Å². The third kappa shape index (κ3) is 20.8. The van der Waals surface area contributed by atoms with Crippen molar-refractivity contribution in [3.8, 4) is 11.1 Å². The van der Waals surface area contributed by atoms with Crippen LogP contribution in [0.1, 0.15) is 132 Å². The molecular weight excluding hydrogens is 1010 g/mol. The van der Waals surface area contributed by atoms with E-state index >= 15 is 0 Å². The Hall–Kier alpha value is -6.48. The van der Waals surface area contributed by atoms with E-state index < -0.39 is 137 Å². The first-order chi connectivity index (χ1) is 36.0. The second-order valence-electron chi connectivity index (χ2n) is 21.4. The lowest BCUT2D eigenvalue weighted by Gasteiger charge is -2.31. The van der Waals surface area contributed by atoms with Crippen LogP contribution in [0.25, 0.3) is 11.1 Å². The summed E-state index contributed by atoms with van der Waals surface area (Å²) in [6.07, 6.45) is -3.21. The third-order valence-electron chi connectivity index (χ3n) is 13.0. The Morgan fingerprint density at radius 2 is 1.18 bits per heavy atom. The highest BCUT2D eigenvalue weighted by atomic mass is 32.2. The standard InChI is InChI=1S/C56H80N6O14S/c1-13-43(45(65)25-41(34(8)76-56(10,11)12)53(72)57-26-48(68)69)59-51(70)32(6)22-46(66)49(30(2)3)61-52(71)36(23-33(7)63)24-47(67)50(31(4)5)62-54(73)44(28-77-29-58-35(9)64)60-55(74)75-27-42-39-20-16-14-18-37(39)38-19-15-17-21-40(38)42/h14-21,30-32,34,36,41-44,49-50H,13,22-29H2,1-12H3,(H,57,72)(H,58,64)(H,59,70)(H,60,74)(H,61,71)(H,62,73)(H,68,69)/t32-,34-,36-,41+,43+,44+,49+,50+/m1/s1. The predicted molar refractivity (Wildman–Crippen MR) is 290 cm³/mol. The van der Waals surface area contributed by atoms with Crippen molar-refractivity contribution in [2.24, 2.45) is 29.6 Å². The van der Waals surface area contributed by atoms with E-state index in [1.54, 1.807) is 62.3 Å². The molecule has 2 aromatic rings. The first-order valence-electron chi connectivity index (χ1n) is 26.1. The molecule has 0 saturated heterocycles. The summed E-state index contributed by atoms with van der Waals surface area (Å²) in [4.78, 5) is 145. The molecule has 0 unspecified atom stereocenters. The second kappa shape index (κ2) is 30.5. The van der Waals surface area contributed by atoms with Crippen molar-refractivity contribution in [1.82, 2.24) is 31.9 Å². The Kier molecular flexibility index (Phi) is 25.6. The molecule has 0 bridgehead atoms. The van der Waals surface area contributed by atoms with E-state index in [0.717, 1.165) is 34.0 Å². The second-order valence-corrected chi connectivity index (χ2v) is 22.4. The van der Waals surface area contributed by atoms with Gasteiger partial charge in [0.2, 0.25) is 29.5 Å². The highest BCUT2D eigenvalue weighted by Gasteiger charge is 2.38. The number of hydrogen-bond acceptors (Lipinski definition) is 14. The quantitative estimate of drug-likeness (QED) is 0.0374. The number of thioether (sulfide) groups is 1. The van der Waals surface area contributed by atoms with Crippen LogP contribution >= 0.6 is 11.8 Å². The van der Waals surface area contributed by atoms with Crippen LogP contribution in [0.4, 0.5) is 4.79 Å². The Labute approximate surface area is 456 Å². The zero-order valence-electron chi connectivity index (χ0n) is 46.5. The minimum Gasteiger partial charge on any atom is -0.480 e. The molecule has 0 fully saturated rings. The highest BCUT2D eigenvalue weighted by molar-refractivity contribution is 7.99. The number of amides is 6. The van der Waals surface area contributed by atoms with Crippen molar-refractivity contribution >= 4 is 76.5 Å². The van der Waals surface area contributed by atoms with Crippen LogP contribution in [-0.2, 0) is 57.4 Å². The number of hydrogen-bond donors (Lipinski definition) is 7. The van der Waals surface area contributed by atoms with Crippen LogP contribution in [0.15, 0.2) is 48.5 Å². The largest absolute Gasteiger partial charge is 0.480 e. The molecule has 0 aromatic heterocycles. The molecule has 0 radical (unpaired) electrons. The number of rotatable bonds is 32. The lowest BCUT2D eigenvalue weighted by atomic mass is 9.88. The number of ether oxygens (including phenoxy) is 2. The summed E-state index contributed by atoms with van der Waals surface area (Å²) in [5, 5.41) is 24.8. The van der Waals surface area contributed by atoms with Gasteiger partial charge in [0.05, 0.1) is 47.5 Å². The van der Waals surface area contributed by atoms with Crippen molar-refractivity contribution in [3.05, 3.63) is 59.7 Å². The fourth-order valence-electron chi connectivity index (χ4n) is 9.04. The fourth-order valence-corrected chi connectivity index (χ4v) is 9.94. The van der Waals surface area contributed by atoms with Crippen molar-refractivity contribution in [3.63, 3.8) is 0 Å². The van der Waals surface area contributed by atoms with Crippen LogP contribution in [-0.4, -0.2) is 130 Å². The topological polar surface area (TPSA) is 299 Å². The Morgan fingerprint density at radius 3 is 1.69 bits per heavy atom. The molecule has 0 aliphatic heterocycles. The molecule has 1 aliphatic carbocycles. The molecule has 8 atom stereocenters. The summed E-state index contributed by atoms with van der Waals surface area (Å²) in [7, 11) is 0. The number of nitrogens with one attached hydrogen (secondary N) is 6. The van der Waals surface area contributed by atoms with Crippen molar-refractivity contribution in [1.29, 1.82) is 0 Å². The van der Waals surface area contributed by atoms with Crippen LogP contribution in [0.2, 0.25) is 0 Å². The maximum atomic E-state index is 14.2. The molecule has 7 N–H and O–H groups in total. The van der Waals surface area contributed by atoms with Crippen molar-refractivity contribution in [2.45, 2.75) is 157 Å². The number of aliphatic carboxylic acids is 1. The molecule has 20 nitrogen and oxygen atoms in total. The van der Waals surface area contributed by atoms with Crippen molar-refractivity contribution in [2.75, 3.05) is 24.8 Å². The molecule has 77 heavy (non-hydrogen) atoms. The molecule has 0 saturated carbocycles. The lowest BCUT2D eigenvalue weighted by Crippen LogP contribution is -2.55. The molecule has 2 aromatic carbocycles. The number of alkyl carbamates (subject to hydrolysis) is 1. The predicted octanol–water partition coefficient (Wildman–Crippen LogP) is 5.03. The highest BCUT2D eigenvalue weighted by Crippen LogP contribution is 2.44. The summed E-state index contributed by atoms with van der Waals surface area (Å²) < 4.78 is 11.7. The number of carbonyl (C=O) groups excluding carboxylic acids is 10. The molecule has 21 heteroatoms. The molecule has 3 rings (SSSR count). The van der Waals surface area contributed by atoms with E-state index in [2.05, 4.69) is 31.9 Å². The van der Waals surface area contributed by atoms with E-state index in [-0.39, 0.29) is 55.7 Å². The minimum atomic E-state index is -1.28. The molecule has 0 spiro atoms. The van der Waals surface area contributed by atoms with Gasteiger partial charge in [-0.3, -0.25) is 43.2 Å². The van der Waals surface area contributed by atoms with Gasteiger partial charge < -0.3 is 51.3 Å². The molecular formula is C56H80N6O14S. The van der Waals surface area contributed by atoms with Gasteiger partial charge in [-0.15, -0.1) is 11.8 Å². The zero-order valence-corrected chi connectivity index (χ0v) is 47.3. The number of ketones is 4. The van der Waals surface area contributed by atoms with E-state index in [0.29, 0.717) is 0 Å². The summed E-state index contributed by atoms with van der Waals surface area (Å²) in [5.74, 6) is -11.1. The maximum absolute atomic E-state index is 14.2. The average Bonchev–Trinajstić information content (AvgIpc) is 3.66. The average molecular weight is 1090 g/mol. The van der Waals surface area contributed by atoms with E-state index in [4.69, 9.17) is 14.6 Å². The number of Topliss-reactive ketones (excluding diaryl/α,β-unsaturated/α-hetero) is 4. The van der Waals surface area contributed by atoms with Gasteiger partial charge in [0.25, 0.3) is 0 Å². The summed E-state index contributed by atoms with van der Waals surface area (Å²) in [6.45, 7) is 18.6. The lowest BCUT2D eigenvalue weighted by molar-refractivity contribution is -0.144. The van der Waals surface area contributed by atoms with Gasteiger partial charge in [-0.25, -0.2) is 4.79 Å². The van der Waals surface area contributed by atoms with Crippen molar-refractivity contribution < 1.29 is 67.3 Å². The van der Waals surface area contributed by atoms with Gasteiger partial charge in [-0.05, 0) is 75.1 Å². The van der Waals surface area contributed by atoms with E-state index in [1.165, 1.54) is 20.8 Å². The minimum absolute atomic E-state index is 0.0296. The zero-order chi connectivity index (χ0) is 57.9. The SMILES string of the molecule is CC[C@H](NC(=O)[C@H](C)CC(=O)[C@@H](NC(=O)[C@H](CC(C)=O)CC(=O)[C@@H](NC(=O)[C@H](CSCNC(C)=O)NC(=O)OCC1c2ccccc2-c2ccccc21)C(C)C)C(C)C)C(=O)C[C@H](C(=O)NCC(=O)O)[C@@H](C)OC(C)(C)C. The normalized spacial score (nSPS) is 15.2. The van der Waals surface area contributed by atoms with Crippen LogP contribution in [0.5, 0.6) is 0 Å². The monoisotopic (exact) mass is 1090 g/mol. The number of carboxylic acid groups (broad SMARTS) is 1. The molecule has 1 aliphatic rings. The van der Waals surface area contributed by atoms with Gasteiger partial charge in [-0.2, -0.15) is 0 Å². The van der Waals surface area contributed by atoms with E-state index in [9.17, 15) is 52.7 Å². The first-order valence-corrected chi connectivity index (χ1v) is 27.3. The number of fused-ring (bicyclic) bond motifs is 3. The van der Waals surface area contributed by atoms with E-state index in [1.807, 2.05) is 48.5 Å². The van der Waals surface area contributed by atoms with Gasteiger partial charge in [0.1, 0.15) is 25.0 Å². The number of benzene rings is 2. The van der Waals surface area contributed by atoms with Crippen LogP contribution in [0, 0.1) is 29.6 Å². The molecule has 6 amide bonds. The van der Waals surface area contributed by atoms with Gasteiger partial charge in [-0.1, -0.05) is 90.1 Å².